The van der Waals surface area contributed by atoms with Gasteiger partial charge in [-0.2, -0.15) is 0 Å². The van der Waals surface area contributed by atoms with Crippen molar-refractivity contribution >= 4 is 11.6 Å². The van der Waals surface area contributed by atoms with E-state index in [1.807, 2.05) is 32.0 Å². The zero-order chi connectivity index (χ0) is 18.9. The summed E-state index contributed by atoms with van der Waals surface area (Å²) in [6.45, 7) is 5.23. The quantitative estimate of drug-likeness (QED) is 0.548. The minimum Gasteiger partial charge on any atom is -0.490 e. The van der Waals surface area contributed by atoms with Gasteiger partial charge in [-0.15, -0.1) is 0 Å². The van der Waals surface area contributed by atoms with E-state index in [1.165, 1.54) is 18.2 Å². The standard InChI is InChI=1S/C19H22N2O5/c1-3-25-17-10-9-14(13-18(17)26-4-2)11-12-20-19(22)15-7-5-6-8-16(15)21(23)24/h5-10,13H,3-4,11-12H2,1-2H3,(H,20,22). The van der Waals surface area contributed by atoms with Crippen molar-refractivity contribution in [2.24, 2.45) is 0 Å². The molecule has 1 amide bonds. The summed E-state index contributed by atoms with van der Waals surface area (Å²) in [5.41, 5.74) is 0.823. The van der Waals surface area contributed by atoms with Gasteiger partial charge in [-0.1, -0.05) is 18.2 Å². The highest BCUT2D eigenvalue weighted by molar-refractivity contribution is 5.98. The molecule has 1 N–H and O–H groups in total. The van der Waals surface area contributed by atoms with Crippen LogP contribution in [0.1, 0.15) is 29.8 Å². The Balaban J connectivity index is 2.00. The van der Waals surface area contributed by atoms with Crippen LogP contribution in [0.15, 0.2) is 42.5 Å². The number of nitrogens with zero attached hydrogens (tertiary/aromatic N) is 1. The molecule has 0 aromatic heterocycles. The Morgan fingerprint density at radius 2 is 1.77 bits per heavy atom. The lowest BCUT2D eigenvalue weighted by Crippen LogP contribution is -2.26. The normalized spacial score (nSPS) is 10.2. The first-order valence-corrected chi connectivity index (χ1v) is 8.47. The van der Waals surface area contributed by atoms with Crippen molar-refractivity contribution in [1.82, 2.24) is 5.32 Å². The number of amides is 1. The smallest absolute Gasteiger partial charge is 0.282 e. The van der Waals surface area contributed by atoms with Gasteiger partial charge < -0.3 is 14.8 Å². The zero-order valence-electron chi connectivity index (χ0n) is 14.9. The fourth-order valence-corrected chi connectivity index (χ4v) is 2.49. The number of nitro benzene ring substituents is 1. The van der Waals surface area contributed by atoms with Crippen molar-refractivity contribution in [2.45, 2.75) is 20.3 Å². The maximum absolute atomic E-state index is 12.2. The molecular weight excluding hydrogens is 336 g/mol. The first-order chi connectivity index (χ1) is 12.6. The topological polar surface area (TPSA) is 90.7 Å². The van der Waals surface area contributed by atoms with E-state index in [0.29, 0.717) is 37.7 Å². The third-order valence-electron chi connectivity index (χ3n) is 3.65. The van der Waals surface area contributed by atoms with Gasteiger partial charge in [0.1, 0.15) is 5.56 Å². The van der Waals surface area contributed by atoms with Gasteiger partial charge in [0.05, 0.1) is 18.1 Å². The van der Waals surface area contributed by atoms with E-state index >= 15 is 0 Å². The minimum atomic E-state index is -0.560. The Morgan fingerprint density at radius 3 is 2.46 bits per heavy atom. The molecule has 0 aliphatic carbocycles. The molecule has 2 aromatic rings. The number of nitro groups is 1. The van der Waals surface area contributed by atoms with Crippen LogP contribution in [0.25, 0.3) is 0 Å². The molecule has 2 aromatic carbocycles. The number of nitrogens with one attached hydrogen (secondary N) is 1. The molecule has 0 saturated carbocycles. The lowest BCUT2D eigenvalue weighted by molar-refractivity contribution is -0.385. The number of para-hydroxylation sites is 1. The number of hydrogen-bond donors (Lipinski definition) is 1. The Kier molecular flexibility index (Phi) is 6.96. The van der Waals surface area contributed by atoms with Gasteiger partial charge in [0.2, 0.25) is 0 Å². The van der Waals surface area contributed by atoms with Gasteiger partial charge in [0, 0.05) is 12.6 Å². The van der Waals surface area contributed by atoms with E-state index in [4.69, 9.17) is 9.47 Å². The molecule has 0 unspecified atom stereocenters. The summed E-state index contributed by atoms with van der Waals surface area (Å²) in [5.74, 6) is 0.882. The van der Waals surface area contributed by atoms with Crippen LogP contribution in [0.5, 0.6) is 11.5 Å². The van der Waals surface area contributed by atoms with Gasteiger partial charge in [-0.3, -0.25) is 14.9 Å². The minimum absolute atomic E-state index is 0.0548. The maximum Gasteiger partial charge on any atom is 0.282 e. The summed E-state index contributed by atoms with van der Waals surface area (Å²) in [7, 11) is 0. The maximum atomic E-state index is 12.2. The first-order valence-electron chi connectivity index (χ1n) is 8.47. The van der Waals surface area contributed by atoms with Crippen molar-refractivity contribution < 1.29 is 19.2 Å². The van der Waals surface area contributed by atoms with E-state index in [9.17, 15) is 14.9 Å². The monoisotopic (exact) mass is 358 g/mol. The molecule has 0 saturated heterocycles. The average Bonchev–Trinajstić information content (AvgIpc) is 2.64. The highest BCUT2D eigenvalue weighted by atomic mass is 16.6. The highest BCUT2D eigenvalue weighted by Crippen LogP contribution is 2.28. The summed E-state index contributed by atoms with van der Waals surface area (Å²) in [4.78, 5) is 22.7. The number of carbonyl (C=O) groups is 1. The molecule has 138 valence electrons. The summed E-state index contributed by atoms with van der Waals surface area (Å²) >= 11 is 0. The molecule has 7 nitrogen and oxygen atoms in total. The van der Waals surface area contributed by atoms with Gasteiger partial charge >= 0.3 is 0 Å². The Hall–Kier alpha value is -3.09. The first kappa shape index (κ1) is 19.2. The average molecular weight is 358 g/mol. The van der Waals surface area contributed by atoms with Crippen LogP contribution in [-0.4, -0.2) is 30.6 Å². The van der Waals surface area contributed by atoms with Crippen LogP contribution >= 0.6 is 0 Å². The van der Waals surface area contributed by atoms with Crippen LogP contribution < -0.4 is 14.8 Å². The highest BCUT2D eigenvalue weighted by Gasteiger charge is 2.18. The molecular formula is C19H22N2O5. The summed E-state index contributed by atoms with van der Waals surface area (Å²) in [6.07, 6.45) is 0.568. The summed E-state index contributed by atoms with van der Waals surface area (Å²) in [6, 6.07) is 11.5. The molecule has 0 radical (unpaired) electrons. The third kappa shape index (κ3) is 4.95. The molecule has 0 bridgehead atoms. The van der Waals surface area contributed by atoms with Crippen molar-refractivity contribution in [2.75, 3.05) is 19.8 Å². The van der Waals surface area contributed by atoms with Crippen molar-refractivity contribution in [3.8, 4) is 11.5 Å². The van der Waals surface area contributed by atoms with Gasteiger partial charge in [0.25, 0.3) is 11.6 Å². The molecule has 0 atom stereocenters. The lowest BCUT2D eigenvalue weighted by atomic mass is 10.1. The number of rotatable bonds is 9. The van der Waals surface area contributed by atoms with E-state index in [0.717, 1.165) is 5.56 Å². The summed E-state index contributed by atoms with van der Waals surface area (Å²) in [5, 5.41) is 13.7. The molecule has 0 spiro atoms. The van der Waals surface area contributed by atoms with Crippen LogP contribution in [-0.2, 0) is 6.42 Å². The Morgan fingerprint density at radius 1 is 1.08 bits per heavy atom. The second-order valence-corrected chi connectivity index (χ2v) is 5.43. The van der Waals surface area contributed by atoms with Crippen LogP contribution in [0.2, 0.25) is 0 Å². The van der Waals surface area contributed by atoms with Gasteiger partial charge in [-0.05, 0) is 44.0 Å². The molecule has 2 rings (SSSR count). The molecule has 26 heavy (non-hydrogen) atoms. The van der Waals surface area contributed by atoms with Gasteiger partial charge in [-0.25, -0.2) is 0 Å². The molecule has 7 heteroatoms. The SMILES string of the molecule is CCOc1ccc(CCNC(=O)c2ccccc2[N+](=O)[O-])cc1OCC. The zero-order valence-corrected chi connectivity index (χ0v) is 14.9. The number of benzene rings is 2. The van der Waals surface area contributed by atoms with E-state index in [2.05, 4.69) is 5.32 Å². The van der Waals surface area contributed by atoms with Gasteiger partial charge in [0.15, 0.2) is 11.5 Å². The Labute approximate surface area is 152 Å². The van der Waals surface area contributed by atoms with E-state index in [-0.39, 0.29) is 11.3 Å². The van der Waals surface area contributed by atoms with E-state index < -0.39 is 10.8 Å². The summed E-state index contributed by atoms with van der Waals surface area (Å²) < 4.78 is 11.1. The predicted molar refractivity (Wildman–Crippen MR) is 97.9 cm³/mol. The Bertz CT molecular complexity index is 776. The van der Waals surface area contributed by atoms with Crippen molar-refractivity contribution in [1.29, 1.82) is 0 Å². The number of hydrogen-bond acceptors (Lipinski definition) is 5. The number of carbonyl (C=O) groups excluding carboxylic acids is 1. The van der Waals surface area contributed by atoms with Crippen molar-refractivity contribution in [3.05, 3.63) is 63.7 Å². The second kappa shape index (κ2) is 9.41. The molecule has 0 aliphatic heterocycles. The molecule has 0 fully saturated rings. The lowest BCUT2D eigenvalue weighted by Gasteiger charge is -2.12. The molecule has 0 aliphatic rings. The van der Waals surface area contributed by atoms with Crippen molar-refractivity contribution in [3.63, 3.8) is 0 Å². The van der Waals surface area contributed by atoms with Crippen LogP contribution in [0, 0.1) is 10.1 Å². The fraction of sp³-hybridized carbons (Fsp3) is 0.316. The van der Waals surface area contributed by atoms with E-state index in [1.54, 1.807) is 6.07 Å². The van der Waals surface area contributed by atoms with Crippen LogP contribution in [0.3, 0.4) is 0 Å². The molecule has 0 heterocycles. The second-order valence-electron chi connectivity index (χ2n) is 5.43. The largest absolute Gasteiger partial charge is 0.490 e. The third-order valence-corrected chi connectivity index (χ3v) is 3.65. The number of ether oxygens (including phenoxy) is 2. The van der Waals surface area contributed by atoms with Crippen LogP contribution in [0.4, 0.5) is 5.69 Å². The predicted octanol–water partition coefficient (Wildman–Crippen LogP) is 3.36. The fourth-order valence-electron chi connectivity index (χ4n) is 2.49.